The Hall–Kier alpha value is -0.870. The molecule has 1 saturated carbocycles. The number of nitrogens with one attached hydrogen (secondary N) is 1. The first-order chi connectivity index (χ1) is 9.72. The Morgan fingerprint density at radius 1 is 1.35 bits per heavy atom. The molecule has 1 aliphatic rings. The summed E-state index contributed by atoms with van der Waals surface area (Å²) in [6.07, 6.45) is 7.81. The maximum absolute atomic E-state index is 6.05. The molecule has 112 valence electrons. The molecule has 0 bridgehead atoms. The molecule has 0 spiro atoms. The van der Waals surface area contributed by atoms with Gasteiger partial charge in [-0.15, -0.1) is 0 Å². The fourth-order valence-electron chi connectivity index (χ4n) is 3.01. The van der Waals surface area contributed by atoms with Gasteiger partial charge >= 0.3 is 0 Å². The molecular weight excluding hydrogens is 274 g/mol. The highest BCUT2D eigenvalue weighted by molar-refractivity contribution is 6.29. The van der Waals surface area contributed by atoms with Gasteiger partial charge in [0.05, 0.1) is 0 Å². The van der Waals surface area contributed by atoms with Gasteiger partial charge in [0.2, 0.25) is 0 Å². The van der Waals surface area contributed by atoms with E-state index < -0.39 is 0 Å². The largest absolute Gasteiger partial charge is 0.377 e. The second kappa shape index (κ2) is 7.79. The third-order valence-corrected chi connectivity index (χ3v) is 4.20. The van der Waals surface area contributed by atoms with Crippen molar-refractivity contribution in [2.45, 2.75) is 58.1 Å². The van der Waals surface area contributed by atoms with Crippen molar-refractivity contribution in [1.29, 1.82) is 0 Å². The predicted molar refractivity (Wildman–Crippen MR) is 82.0 cm³/mol. The monoisotopic (exact) mass is 297 g/mol. The van der Waals surface area contributed by atoms with Crippen LogP contribution in [0.25, 0.3) is 0 Å². The summed E-state index contributed by atoms with van der Waals surface area (Å²) in [6, 6.07) is 2.27. The van der Waals surface area contributed by atoms with Crippen molar-refractivity contribution in [3.05, 3.63) is 17.0 Å². The van der Waals surface area contributed by atoms with Crippen LogP contribution in [-0.2, 0) is 11.3 Å². The third kappa shape index (κ3) is 4.32. The first-order valence-electron chi connectivity index (χ1n) is 7.52. The molecule has 1 aromatic heterocycles. The van der Waals surface area contributed by atoms with Gasteiger partial charge in [-0.2, -0.15) is 0 Å². The molecule has 1 heterocycles. The average molecular weight is 298 g/mol. The number of methoxy groups -OCH3 is 1. The molecule has 0 amide bonds. The van der Waals surface area contributed by atoms with Gasteiger partial charge < -0.3 is 10.1 Å². The molecule has 0 saturated heterocycles. The van der Waals surface area contributed by atoms with E-state index >= 15 is 0 Å². The molecule has 1 fully saturated rings. The van der Waals surface area contributed by atoms with Gasteiger partial charge in [0.15, 0.2) is 5.82 Å². The normalized spacial score (nSPS) is 17.9. The quantitative estimate of drug-likeness (QED) is 0.805. The van der Waals surface area contributed by atoms with E-state index in [1.165, 1.54) is 32.1 Å². The zero-order valence-electron chi connectivity index (χ0n) is 12.4. The lowest BCUT2D eigenvalue weighted by atomic mass is 9.83. The Morgan fingerprint density at radius 3 is 2.75 bits per heavy atom. The van der Waals surface area contributed by atoms with E-state index in [9.17, 15) is 0 Å². The Kier molecular flexibility index (Phi) is 6.05. The fourth-order valence-corrected chi connectivity index (χ4v) is 3.21. The molecule has 4 nitrogen and oxygen atoms in total. The van der Waals surface area contributed by atoms with Crippen LogP contribution >= 0.6 is 11.6 Å². The zero-order valence-corrected chi connectivity index (χ0v) is 13.1. The summed E-state index contributed by atoms with van der Waals surface area (Å²) in [5.74, 6) is 2.18. The maximum Gasteiger partial charge on any atom is 0.158 e. The molecule has 0 radical (unpaired) electrons. The van der Waals surface area contributed by atoms with Gasteiger partial charge in [0.1, 0.15) is 17.6 Å². The summed E-state index contributed by atoms with van der Waals surface area (Å²) < 4.78 is 5.07. The van der Waals surface area contributed by atoms with Crippen LogP contribution in [0.4, 0.5) is 5.82 Å². The topological polar surface area (TPSA) is 47.0 Å². The van der Waals surface area contributed by atoms with Crippen LogP contribution in [-0.4, -0.2) is 23.1 Å². The molecular formula is C15H24ClN3O. The molecule has 1 unspecified atom stereocenters. The van der Waals surface area contributed by atoms with Crippen LogP contribution in [0.5, 0.6) is 0 Å². The summed E-state index contributed by atoms with van der Waals surface area (Å²) in [5.41, 5.74) is 0. The Labute approximate surface area is 126 Å². The lowest BCUT2D eigenvalue weighted by molar-refractivity contribution is 0.178. The number of anilines is 1. The lowest BCUT2D eigenvalue weighted by Crippen LogP contribution is -2.30. The van der Waals surface area contributed by atoms with Crippen LogP contribution in [0, 0.1) is 5.92 Å². The van der Waals surface area contributed by atoms with E-state index in [2.05, 4.69) is 22.2 Å². The smallest absolute Gasteiger partial charge is 0.158 e. The summed E-state index contributed by atoms with van der Waals surface area (Å²) in [6.45, 7) is 2.61. The molecule has 1 N–H and O–H groups in total. The highest BCUT2D eigenvalue weighted by atomic mass is 35.5. The van der Waals surface area contributed by atoms with Crippen molar-refractivity contribution in [1.82, 2.24) is 9.97 Å². The fraction of sp³-hybridized carbons (Fsp3) is 0.733. The van der Waals surface area contributed by atoms with E-state index in [4.69, 9.17) is 16.3 Å². The molecule has 20 heavy (non-hydrogen) atoms. The van der Waals surface area contributed by atoms with Crippen molar-refractivity contribution < 1.29 is 4.74 Å². The van der Waals surface area contributed by atoms with Crippen LogP contribution in [0.2, 0.25) is 5.15 Å². The van der Waals surface area contributed by atoms with E-state index in [0.717, 1.165) is 18.2 Å². The Bertz CT molecular complexity index is 422. The van der Waals surface area contributed by atoms with Crippen LogP contribution < -0.4 is 5.32 Å². The van der Waals surface area contributed by atoms with E-state index in [-0.39, 0.29) is 0 Å². The lowest BCUT2D eigenvalue weighted by Gasteiger charge is -2.30. The Morgan fingerprint density at radius 2 is 2.10 bits per heavy atom. The van der Waals surface area contributed by atoms with Gasteiger partial charge in [0, 0.05) is 19.2 Å². The van der Waals surface area contributed by atoms with Crippen LogP contribution in [0.15, 0.2) is 6.07 Å². The minimum Gasteiger partial charge on any atom is -0.377 e. The van der Waals surface area contributed by atoms with Crippen molar-refractivity contribution in [3.8, 4) is 0 Å². The molecule has 2 rings (SSSR count). The zero-order chi connectivity index (χ0) is 14.4. The number of nitrogens with zero attached hydrogens (tertiary/aromatic N) is 2. The number of ether oxygens (including phenoxy) is 1. The summed E-state index contributed by atoms with van der Waals surface area (Å²) >= 11 is 6.05. The van der Waals surface area contributed by atoms with E-state index in [1.807, 2.05) is 0 Å². The van der Waals surface area contributed by atoms with Crippen molar-refractivity contribution in [2.24, 2.45) is 5.92 Å². The SMILES string of the molecule is CCC(Nc1cc(Cl)nc(COC)n1)C1CCCCC1. The molecule has 1 aromatic rings. The minimum atomic E-state index is 0.384. The molecule has 1 aliphatic carbocycles. The first kappa shape index (κ1) is 15.5. The predicted octanol–water partition coefficient (Wildman–Crippen LogP) is 4.05. The summed E-state index contributed by atoms with van der Waals surface area (Å²) in [4.78, 5) is 8.63. The standard InChI is InChI=1S/C15H24ClN3O/c1-3-12(11-7-5-4-6-8-11)17-14-9-13(16)18-15(19-14)10-20-2/h9,11-12H,3-8,10H2,1-2H3,(H,17,18,19). The summed E-state index contributed by atoms with van der Waals surface area (Å²) in [5, 5.41) is 4.01. The van der Waals surface area contributed by atoms with Crippen molar-refractivity contribution in [3.63, 3.8) is 0 Å². The van der Waals surface area contributed by atoms with Gasteiger partial charge in [0.25, 0.3) is 0 Å². The number of rotatable bonds is 6. The minimum absolute atomic E-state index is 0.384. The second-order valence-electron chi connectivity index (χ2n) is 5.48. The number of aromatic nitrogens is 2. The van der Waals surface area contributed by atoms with Crippen molar-refractivity contribution >= 4 is 17.4 Å². The molecule has 1 atom stereocenters. The molecule has 0 aromatic carbocycles. The highest BCUT2D eigenvalue weighted by Gasteiger charge is 2.22. The van der Waals surface area contributed by atoms with Crippen LogP contribution in [0.3, 0.4) is 0 Å². The van der Waals surface area contributed by atoms with E-state index in [1.54, 1.807) is 13.2 Å². The van der Waals surface area contributed by atoms with Gasteiger partial charge in [-0.05, 0) is 25.2 Å². The summed E-state index contributed by atoms with van der Waals surface area (Å²) in [7, 11) is 1.63. The average Bonchev–Trinajstić information content (AvgIpc) is 2.45. The molecule has 0 aliphatic heterocycles. The number of hydrogen-bond donors (Lipinski definition) is 1. The van der Waals surface area contributed by atoms with Crippen LogP contribution in [0.1, 0.15) is 51.3 Å². The van der Waals surface area contributed by atoms with Crippen molar-refractivity contribution in [2.75, 3.05) is 12.4 Å². The highest BCUT2D eigenvalue weighted by Crippen LogP contribution is 2.29. The maximum atomic E-state index is 6.05. The third-order valence-electron chi connectivity index (χ3n) is 4.01. The molecule has 5 heteroatoms. The number of halogens is 1. The van der Waals surface area contributed by atoms with Gasteiger partial charge in [-0.3, -0.25) is 0 Å². The first-order valence-corrected chi connectivity index (χ1v) is 7.89. The van der Waals surface area contributed by atoms with Gasteiger partial charge in [-0.25, -0.2) is 9.97 Å². The number of hydrogen-bond acceptors (Lipinski definition) is 4. The van der Waals surface area contributed by atoms with E-state index in [0.29, 0.717) is 23.6 Å². The Balaban J connectivity index is 2.06. The van der Waals surface area contributed by atoms with Gasteiger partial charge in [-0.1, -0.05) is 37.8 Å². The second-order valence-corrected chi connectivity index (χ2v) is 5.87.